The van der Waals surface area contributed by atoms with Crippen LogP contribution < -0.4 is 0 Å². The molecule has 0 radical (unpaired) electrons. The lowest BCUT2D eigenvalue weighted by Crippen LogP contribution is -2.38. The van der Waals surface area contributed by atoms with E-state index in [2.05, 4.69) is 32.9 Å². The summed E-state index contributed by atoms with van der Waals surface area (Å²) >= 11 is 0. The van der Waals surface area contributed by atoms with E-state index < -0.39 is 0 Å². The number of carbonyl (C=O) groups is 2. The fraction of sp³-hybridized carbons (Fsp3) is 0.619. The Kier molecular flexibility index (Phi) is 5.16. The summed E-state index contributed by atoms with van der Waals surface area (Å²) in [5.74, 6) is 0.408. The molecule has 0 bridgehead atoms. The second kappa shape index (κ2) is 7.19. The van der Waals surface area contributed by atoms with Gasteiger partial charge in [0.15, 0.2) is 0 Å². The highest BCUT2D eigenvalue weighted by Crippen LogP contribution is 2.35. The van der Waals surface area contributed by atoms with Crippen molar-refractivity contribution in [2.75, 3.05) is 26.2 Å². The highest BCUT2D eigenvalue weighted by Gasteiger charge is 2.42. The second-order valence-electron chi connectivity index (χ2n) is 8.69. The number of amides is 2. The van der Waals surface area contributed by atoms with Gasteiger partial charge in [0.05, 0.1) is 5.92 Å². The van der Waals surface area contributed by atoms with E-state index in [0.29, 0.717) is 19.5 Å². The van der Waals surface area contributed by atoms with Crippen LogP contribution >= 0.6 is 0 Å². The van der Waals surface area contributed by atoms with E-state index in [-0.39, 0.29) is 29.1 Å². The van der Waals surface area contributed by atoms with Gasteiger partial charge in [0, 0.05) is 38.5 Å². The summed E-state index contributed by atoms with van der Waals surface area (Å²) < 4.78 is 0. The maximum absolute atomic E-state index is 13.1. The van der Waals surface area contributed by atoms with Gasteiger partial charge >= 0.3 is 0 Å². The van der Waals surface area contributed by atoms with Crippen molar-refractivity contribution in [1.29, 1.82) is 0 Å². The molecule has 1 aromatic rings. The third-order valence-electron chi connectivity index (χ3n) is 5.32. The Bertz CT molecular complexity index is 615. The van der Waals surface area contributed by atoms with Gasteiger partial charge in [-0.05, 0) is 23.8 Å². The van der Waals surface area contributed by atoms with Crippen molar-refractivity contribution in [2.45, 2.75) is 46.0 Å². The molecule has 2 aliphatic heterocycles. The van der Waals surface area contributed by atoms with Crippen molar-refractivity contribution < 1.29 is 9.59 Å². The topological polar surface area (TPSA) is 40.6 Å². The van der Waals surface area contributed by atoms with Gasteiger partial charge < -0.3 is 9.80 Å². The molecule has 2 atom stereocenters. The molecule has 136 valence electrons. The molecule has 2 fully saturated rings. The van der Waals surface area contributed by atoms with Crippen molar-refractivity contribution in [1.82, 2.24) is 9.80 Å². The van der Waals surface area contributed by atoms with Crippen LogP contribution in [0.15, 0.2) is 30.3 Å². The molecule has 2 heterocycles. The Morgan fingerprint density at radius 3 is 2.24 bits per heavy atom. The third-order valence-corrected chi connectivity index (χ3v) is 5.32. The standard InChI is InChI=1S/C21H30N2O2/c1-21(2,3)13-19(24)23-14-17(16-9-5-4-6-10-16)18(15-23)20(25)22-11-7-8-12-22/h4-6,9-10,17-18H,7-8,11-15H2,1-3H3/t17-,18+/m1/s1. The van der Waals surface area contributed by atoms with Crippen LogP contribution in [0.2, 0.25) is 0 Å². The SMILES string of the molecule is CC(C)(C)CC(=O)N1C[C@H](C(=O)N2CCCC2)[C@@H](c2ccccc2)C1. The molecule has 25 heavy (non-hydrogen) atoms. The minimum atomic E-state index is -0.107. The Labute approximate surface area is 151 Å². The number of nitrogens with zero attached hydrogens (tertiary/aromatic N) is 2. The van der Waals surface area contributed by atoms with Gasteiger partial charge in [-0.25, -0.2) is 0 Å². The third kappa shape index (κ3) is 4.23. The predicted molar refractivity (Wildman–Crippen MR) is 99.1 cm³/mol. The maximum Gasteiger partial charge on any atom is 0.228 e. The normalized spacial score (nSPS) is 24.0. The van der Waals surface area contributed by atoms with Crippen LogP contribution in [0.4, 0.5) is 0 Å². The second-order valence-corrected chi connectivity index (χ2v) is 8.69. The number of carbonyl (C=O) groups excluding carboxylic acids is 2. The van der Waals surface area contributed by atoms with Gasteiger partial charge in [-0.2, -0.15) is 0 Å². The van der Waals surface area contributed by atoms with Crippen molar-refractivity contribution in [3.8, 4) is 0 Å². The zero-order valence-corrected chi connectivity index (χ0v) is 15.7. The van der Waals surface area contributed by atoms with Crippen molar-refractivity contribution >= 4 is 11.8 Å². The van der Waals surface area contributed by atoms with E-state index in [1.165, 1.54) is 5.56 Å². The van der Waals surface area contributed by atoms with Gasteiger partial charge in [-0.3, -0.25) is 9.59 Å². The first kappa shape index (κ1) is 18.0. The highest BCUT2D eigenvalue weighted by molar-refractivity contribution is 5.83. The molecule has 4 heteroatoms. The van der Waals surface area contributed by atoms with Crippen molar-refractivity contribution in [2.24, 2.45) is 11.3 Å². The first-order valence-electron chi connectivity index (χ1n) is 9.47. The Morgan fingerprint density at radius 1 is 1.00 bits per heavy atom. The summed E-state index contributed by atoms with van der Waals surface area (Å²) in [6, 6.07) is 10.2. The fourth-order valence-corrected chi connectivity index (χ4v) is 4.03. The molecule has 0 unspecified atom stereocenters. The monoisotopic (exact) mass is 342 g/mol. The molecular weight excluding hydrogens is 312 g/mol. The summed E-state index contributed by atoms with van der Waals surface area (Å²) in [6.45, 7) is 9.21. The molecule has 0 aromatic heterocycles. The van der Waals surface area contributed by atoms with E-state index in [1.54, 1.807) is 0 Å². The summed E-state index contributed by atoms with van der Waals surface area (Å²) in [5, 5.41) is 0. The van der Waals surface area contributed by atoms with E-state index in [1.807, 2.05) is 28.0 Å². The molecule has 2 amide bonds. The zero-order valence-electron chi connectivity index (χ0n) is 15.7. The van der Waals surface area contributed by atoms with Crippen LogP contribution in [0.25, 0.3) is 0 Å². The summed E-state index contributed by atoms with van der Waals surface area (Å²) in [6.07, 6.45) is 2.72. The summed E-state index contributed by atoms with van der Waals surface area (Å²) in [5.41, 5.74) is 1.14. The predicted octanol–water partition coefficient (Wildman–Crippen LogP) is 3.29. The van der Waals surface area contributed by atoms with Gasteiger partial charge in [0.2, 0.25) is 11.8 Å². The van der Waals surface area contributed by atoms with E-state index in [4.69, 9.17) is 0 Å². The summed E-state index contributed by atoms with van der Waals surface area (Å²) in [7, 11) is 0. The van der Waals surface area contributed by atoms with Crippen LogP contribution in [0.5, 0.6) is 0 Å². The Hall–Kier alpha value is -1.84. The quantitative estimate of drug-likeness (QED) is 0.846. The van der Waals surface area contributed by atoms with Gasteiger partial charge in [-0.15, -0.1) is 0 Å². The minimum Gasteiger partial charge on any atom is -0.342 e. The molecule has 0 saturated carbocycles. The summed E-state index contributed by atoms with van der Waals surface area (Å²) in [4.78, 5) is 29.7. The lowest BCUT2D eigenvalue weighted by Gasteiger charge is -2.24. The number of hydrogen-bond acceptors (Lipinski definition) is 2. The molecule has 0 N–H and O–H groups in total. The first-order chi connectivity index (χ1) is 11.8. The minimum absolute atomic E-state index is 0.0314. The molecular formula is C21H30N2O2. The molecule has 1 aromatic carbocycles. The largest absolute Gasteiger partial charge is 0.342 e. The lowest BCUT2D eigenvalue weighted by atomic mass is 9.88. The molecule has 2 saturated heterocycles. The van der Waals surface area contributed by atoms with Crippen LogP contribution in [0.3, 0.4) is 0 Å². The number of likely N-dealkylation sites (tertiary alicyclic amines) is 2. The van der Waals surface area contributed by atoms with Crippen molar-refractivity contribution in [3.63, 3.8) is 0 Å². The van der Waals surface area contributed by atoms with Crippen LogP contribution in [0, 0.1) is 11.3 Å². The van der Waals surface area contributed by atoms with Crippen molar-refractivity contribution in [3.05, 3.63) is 35.9 Å². The van der Waals surface area contributed by atoms with Crippen LogP contribution in [0.1, 0.15) is 51.5 Å². The Morgan fingerprint density at radius 2 is 1.64 bits per heavy atom. The van der Waals surface area contributed by atoms with E-state index >= 15 is 0 Å². The Balaban J connectivity index is 1.80. The number of benzene rings is 1. The number of hydrogen-bond donors (Lipinski definition) is 0. The van der Waals surface area contributed by atoms with E-state index in [0.717, 1.165) is 25.9 Å². The van der Waals surface area contributed by atoms with Gasteiger partial charge in [0.1, 0.15) is 0 Å². The average Bonchev–Trinajstić information content (AvgIpc) is 3.23. The van der Waals surface area contributed by atoms with E-state index in [9.17, 15) is 9.59 Å². The molecule has 4 nitrogen and oxygen atoms in total. The molecule has 0 aliphatic carbocycles. The fourth-order valence-electron chi connectivity index (χ4n) is 4.03. The van der Waals surface area contributed by atoms with Crippen LogP contribution in [-0.2, 0) is 9.59 Å². The molecule has 2 aliphatic rings. The lowest BCUT2D eigenvalue weighted by molar-refractivity contribution is -0.135. The highest BCUT2D eigenvalue weighted by atomic mass is 16.2. The van der Waals surface area contributed by atoms with Gasteiger partial charge in [-0.1, -0.05) is 51.1 Å². The number of rotatable bonds is 3. The zero-order chi connectivity index (χ0) is 18.0. The maximum atomic E-state index is 13.1. The smallest absolute Gasteiger partial charge is 0.228 e. The van der Waals surface area contributed by atoms with Gasteiger partial charge in [0.25, 0.3) is 0 Å². The first-order valence-corrected chi connectivity index (χ1v) is 9.47. The molecule has 3 rings (SSSR count). The van der Waals surface area contributed by atoms with Crippen LogP contribution in [-0.4, -0.2) is 47.8 Å². The average molecular weight is 342 g/mol. The molecule has 0 spiro atoms.